The molecule has 0 bridgehead atoms. The Morgan fingerprint density at radius 2 is 2.32 bits per heavy atom. The number of amides is 2. The second-order valence-corrected chi connectivity index (χ2v) is 5.54. The molecule has 0 unspecified atom stereocenters. The fourth-order valence-electron chi connectivity index (χ4n) is 1.82. The van der Waals surface area contributed by atoms with E-state index in [1.165, 1.54) is 0 Å². The molecule has 1 aliphatic rings. The van der Waals surface area contributed by atoms with Crippen molar-refractivity contribution in [1.29, 1.82) is 0 Å². The SMILES string of the molecule is O=C(NCCCOCc1ccco1)N1CCSCC1. The quantitative estimate of drug-likeness (QED) is 0.811. The Hall–Kier alpha value is -1.14. The summed E-state index contributed by atoms with van der Waals surface area (Å²) in [6.07, 6.45) is 2.45. The molecule has 19 heavy (non-hydrogen) atoms. The van der Waals surface area contributed by atoms with Crippen molar-refractivity contribution in [3.8, 4) is 0 Å². The molecule has 106 valence electrons. The molecule has 0 atom stereocenters. The molecule has 1 aromatic heterocycles. The second kappa shape index (κ2) is 8.12. The molecular weight excluding hydrogens is 264 g/mol. The van der Waals surface area contributed by atoms with E-state index in [0.29, 0.717) is 19.8 Å². The molecule has 1 fully saturated rings. The van der Waals surface area contributed by atoms with Crippen LogP contribution in [0.2, 0.25) is 0 Å². The molecule has 2 rings (SSSR count). The van der Waals surface area contributed by atoms with E-state index < -0.39 is 0 Å². The first-order valence-corrected chi connectivity index (χ1v) is 7.72. The lowest BCUT2D eigenvalue weighted by Crippen LogP contribution is -2.44. The van der Waals surface area contributed by atoms with Crippen LogP contribution in [0.3, 0.4) is 0 Å². The van der Waals surface area contributed by atoms with Gasteiger partial charge >= 0.3 is 6.03 Å². The summed E-state index contributed by atoms with van der Waals surface area (Å²) in [4.78, 5) is 13.6. The van der Waals surface area contributed by atoms with Gasteiger partial charge in [0.2, 0.25) is 0 Å². The number of nitrogens with one attached hydrogen (secondary N) is 1. The minimum Gasteiger partial charge on any atom is -0.467 e. The van der Waals surface area contributed by atoms with Crippen LogP contribution in [0.25, 0.3) is 0 Å². The van der Waals surface area contributed by atoms with Crippen LogP contribution in [-0.4, -0.2) is 48.7 Å². The molecule has 1 aromatic rings. The van der Waals surface area contributed by atoms with Crippen LogP contribution >= 0.6 is 11.8 Å². The number of carbonyl (C=O) groups excluding carboxylic acids is 1. The Kier molecular flexibility index (Phi) is 6.10. The molecule has 0 aliphatic carbocycles. The van der Waals surface area contributed by atoms with Crippen LogP contribution in [0, 0.1) is 0 Å². The zero-order chi connectivity index (χ0) is 13.3. The van der Waals surface area contributed by atoms with Gasteiger partial charge < -0.3 is 19.4 Å². The number of urea groups is 1. The molecule has 2 heterocycles. The monoisotopic (exact) mass is 284 g/mol. The van der Waals surface area contributed by atoms with Gasteiger partial charge in [-0.05, 0) is 18.6 Å². The van der Waals surface area contributed by atoms with Gasteiger partial charge in [0.1, 0.15) is 12.4 Å². The Labute approximate surface area is 117 Å². The molecule has 1 N–H and O–H groups in total. The maximum absolute atomic E-state index is 11.8. The predicted molar refractivity (Wildman–Crippen MR) is 75.3 cm³/mol. The Morgan fingerprint density at radius 1 is 1.47 bits per heavy atom. The average molecular weight is 284 g/mol. The van der Waals surface area contributed by atoms with Crippen LogP contribution in [0.15, 0.2) is 22.8 Å². The molecule has 6 heteroatoms. The fourth-order valence-corrected chi connectivity index (χ4v) is 2.72. The van der Waals surface area contributed by atoms with Gasteiger partial charge in [-0.3, -0.25) is 0 Å². The number of hydrogen-bond acceptors (Lipinski definition) is 4. The molecule has 1 saturated heterocycles. The van der Waals surface area contributed by atoms with Gasteiger partial charge in [-0.15, -0.1) is 0 Å². The summed E-state index contributed by atoms with van der Waals surface area (Å²) in [5.74, 6) is 2.91. The van der Waals surface area contributed by atoms with Gasteiger partial charge in [0.05, 0.1) is 6.26 Å². The molecule has 5 nitrogen and oxygen atoms in total. The van der Waals surface area contributed by atoms with Crippen LogP contribution in [0.4, 0.5) is 4.79 Å². The maximum Gasteiger partial charge on any atom is 0.317 e. The lowest BCUT2D eigenvalue weighted by atomic mass is 10.4. The molecule has 0 saturated carbocycles. The first kappa shape index (κ1) is 14.3. The average Bonchev–Trinajstić information content (AvgIpc) is 2.96. The number of carbonyl (C=O) groups is 1. The van der Waals surface area contributed by atoms with E-state index in [-0.39, 0.29) is 6.03 Å². The first-order valence-electron chi connectivity index (χ1n) is 6.57. The van der Waals surface area contributed by atoms with Crippen molar-refractivity contribution in [2.75, 3.05) is 37.7 Å². The number of hydrogen-bond donors (Lipinski definition) is 1. The third-order valence-corrected chi connectivity index (χ3v) is 3.81. The third kappa shape index (κ3) is 5.16. The van der Waals surface area contributed by atoms with Gasteiger partial charge in [-0.2, -0.15) is 11.8 Å². The Bertz CT molecular complexity index is 364. The standard InChI is InChI=1S/C13H20N2O3S/c16-13(15-5-9-19-10-6-15)14-4-2-7-17-11-12-3-1-8-18-12/h1,3,8H,2,4-7,9-11H2,(H,14,16). The smallest absolute Gasteiger partial charge is 0.317 e. The van der Waals surface area contributed by atoms with Crippen molar-refractivity contribution < 1.29 is 13.9 Å². The zero-order valence-electron chi connectivity index (χ0n) is 11.0. The van der Waals surface area contributed by atoms with Crippen molar-refractivity contribution in [2.45, 2.75) is 13.0 Å². The first-order chi connectivity index (χ1) is 9.36. The highest BCUT2D eigenvalue weighted by molar-refractivity contribution is 7.99. The summed E-state index contributed by atoms with van der Waals surface area (Å²) in [7, 11) is 0. The summed E-state index contributed by atoms with van der Waals surface area (Å²) < 4.78 is 10.6. The number of furan rings is 1. The summed E-state index contributed by atoms with van der Waals surface area (Å²) in [6, 6.07) is 3.78. The summed E-state index contributed by atoms with van der Waals surface area (Å²) in [5.41, 5.74) is 0. The summed E-state index contributed by atoms with van der Waals surface area (Å²) >= 11 is 1.90. The van der Waals surface area contributed by atoms with E-state index in [0.717, 1.165) is 36.8 Å². The van der Waals surface area contributed by atoms with E-state index in [1.54, 1.807) is 6.26 Å². The molecule has 0 aromatic carbocycles. The van der Waals surface area contributed by atoms with Crippen molar-refractivity contribution in [2.24, 2.45) is 0 Å². The van der Waals surface area contributed by atoms with Crippen molar-refractivity contribution >= 4 is 17.8 Å². The molecule has 2 amide bonds. The van der Waals surface area contributed by atoms with Gasteiger partial charge in [-0.1, -0.05) is 0 Å². The van der Waals surface area contributed by atoms with Crippen molar-refractivity contribution in [3.63, 3.8) is 0 Å². The fraction of sp³-hybridized carbons (Fsp3) is 0.615. The van der Waals surface area contributed by atoms with Gasteiger partial charge in [0.15, 0.2) is 0 Å². The Morgan fingerprint density at radius 3 is 3.05 bits per heavy atom. The highest BCUT2D eigenvalue weighted by Crippen LogP contribution is 2.08. The van der Waals surface area contributed by atoms with Gasteiger partial charge in [0, 0.05) is 37.7 Å². The largest absolute Gasteiger partial charge is 0.467 e. The van der Waals surface area contributed by atoms with Crippen LogP contribution in [-0.2, 0) is 11.3 Å². The van der Waals surface area contributed by atoms with Crippen LogP contribution < -0.4 is 5.32 Å². The lowest BCUT2D eigenvalue weighted by molar-refractivity contribution is 0.104. The molecular formula is C13H20N2O3S. The minimum atomic E-state index is 0.0475. The zero-order valence-corrected chi connectivity index (χ0v) is 11.8. The Balaban J connectivity index is 1.48. The topological polar surface area (TPSA) is 54.7 Å². The number of thioether (sulfide) groups is 1. The minimum absolute atomic E-state index is 0.0475. The molecule has 1 aliphatic heterocycles. The predicted octanol–water partition coefficient (Wildman–Crippen LogP) is 1.94. The third-order valence-electron chi connectivity index (χ3n) is 2.86. The normalized spacial score (nSPS) is 15.5. The number of rotatable bonds is 6. The van der Waals surface area contributed by atoms with Crippen LogP contribution in [0.5, 0.6) is 0 Å². The second-order valence-electron chi connectivity index (χ2n) is 4.32. The van der Waals surface area contributed by atoms with E-state index in [4.69, 9.17) is 9.15 Å². The highest BCUT2D eigenvalue weighted by atomic mass is 32.2. The van der Waals surface area contributed by atoms with E-state index in [1.807, 2.05) is 28.8 Å². The van der Waals surface area contributed by atoms with Crippen molar-refractivity contribution in [3.05, 3.63) is 24.2 Å². The lowest BCUT2D eigenvalue weighted by Gasteiger charge is -2.26. The molecule has 0 spiro atoms. The van der Waals surface area contributed by atoms with Crippen LogP contribution in [0.1, 0.15) is 12.2 Å². The number of nitrogens with zero attached hydrogens (tertiary/aromatic N) is 1. The summed E-state index contributed by atoms with van der Waals surface area (Å²) in [6.45, 7) is 3.47. The van der Waals surface area contributed by atoms with E-state index >= 15 is 0 Å². The summed E-state index contributed by atoms with van der Waals surface area (Å²) in [5, 5.41) is 2.92. The highest BCUT2D eigenvalue weighted by Gasteiger charge is 2.15. The molecule has 0 radical (unpaired) electrons. The van der Waals surface area contributed by atoms with E-state index in [9.17, 15) is 4.79 Å². The van der Waals surface area contributed by atoms with Crippen molar-refractivity contribution in [1.82, 2.24) is 10.2 Å². The van der Waals surface area contributed by atoms with E-state index in [2.05, 4.69) is 5.32 Å². The maximum atomic E-state index is 11.8. The number of ether oxygens (including phenoxy) is 1. The van der Waals surface area contributed by atoms with Gasteiger partial charge in [0.25, 0.3) is 0 Å². The van der Waals surface area contributed by atoms with Gasteiger partial charge in [-0.25, -0.2) is 4.79 Å².